The van der Waals surface area contributed by atoms with E-state index in [1.54, 1.807) is 13.0 Å². The zero-order chi connectivity index (χ0) is 14.5. The molecule has 3 heteroatoms. The van der Waals surface area contributed by atoms with E-state index in [0.717, 1.165) is 31.3 Å². The van der Waals surface area contributed by atoms with E-state index in [9.17, 15) is 8.78 Å². The predicted molar refractivity (Wildman–Crippen MR) is 77.7 cm³/mol. The minimum atomic E-state index is -0.890. The van der Waals surface area contributed by atoms with Gasteiger partial charge in [-0.1, -0.05) is 12.2 Å². The molecule has 1 aliphatic rings. The molecule has 1 unspecified atom stereocenters. The molecule has 1 atom stereocenters. The van der Waals surface area contributed by atoms with Gasteiger partial charge in [0.1, 0.15) is 0 Å². The fourth-order valence-corrected chi connectivity index (χ4v) is 2.63. The Balaban J connectivity index is 2.22. The molecule has 2 rings (SSSR count). The smallest absolute Gasteiger partial charge is 0.201 e. The lowest BCUT2D eigenvalue weighted by molar-refractivity contribution is 0.314. The van der Waals surface area contributed by atoms with Crippen molar-refractivity contribution in [3.63, 3.8) is 0 Å². The van der Waals surface area contributed by atoms with Crippen LogP contribution < -0.4 is 4.74 Å². The SMILES string of the molecule is C=CCC1CC=C(c2ccc(OCC)c(F)c2F)CC1. The zero-order valence-electron chi connectivity index (χ0n) is 11.8. The van der Waals surface area contributed by atoms with Gasteiger partial charge < -0.3 is 4.74 Å². The fraction of sp³-hybridized carbons (Fsp3) is 0.412. The Hall–Kier alpha value is -1.64. The first-order valence-corrected chi connectivity index (χ1v) is 7.08. The van der Waals surface area contributed by atoms with E-state index in [2.05, 4.69) is 6.58 Å². The van der Waals surface area contributed by atoms with Crippen LogP contribution >= 0.6 is 0 Å². The molecule has 108 valence electrons. The van der Waals surface area contributed by atoms with E-state index < -0.39 is 11.6 Å². The quantitative estimate of drug-likeness (QED) is 0.679. The minimum Gasteiger partial charge on any atom is -0.491 e. The van der Waals surface area contributed by atoms with Crippen LogP contribution in [0.1, 0.15) is 38.2 Å². The van der Waals surface area contributed by atoms with Crippen molar-refractivity contribution in [2.24, 2.45) is 5.92 Å². The maximum Gasteiger partial charge on any atom is 0.201 e. The van der Waals surface area contributed by atoms with Gasteiger partial charge in [-0.3, -0.25) is 0 Å². The molecule has 0 fully saturated rings. The molecule has 1 aromatic rings. The number of hydrogen-bond donors (Lipinski definition) is 0. The molecule has 0 heterocycles. The lowest BCUT2D eigenvalue weighted by Gasteiger charge is -2.21. The predicted octanol–water partition coefficient (Wildman–Crippen LogP) is 5.12. The summed E-state index contributed by atoms with van der Waals surface area (Å²) in [6, 6.07) is 3.12. The molecule has 0 N–H and O–H groups in total. The van der Waals surface area contributed by atoms with Crippen molar-refractivity contribution in [2.45, 2.75) is 32.6 Å². The molecule has 0 saturated heterocycles. The van der Waals surface area contributed by atoms with Gasteiger partial charge in [-0.25, -0.2) is 4.39 Å². The Morgan fingerprint density at radius 3 is 2.75 bits per heavy atom. The van der Waals surface area contributed by atoms with Crippen molar-refractivity contribution in [1.29, 1.82) is 0 Å². The van der Waals surface area contributed by atoms with Crippen molar-refractivity contribution in [2.75, 3.05) is 6.61 Å². The third-order valence-corrected chi connectivity index (χ3v) is 3.71. The normalized spacial score (nSPS) is 18.6. The minimum absolute atomic E-state index is 0.0188. The first-order valence-electron chi connectivity index (χ1n) is 7.08. The maximum atomic E-state index is 14.1. The summed E-state index contributed by atoms with van der Waals surface area (Å²) >= 11 is 0. The van der Waals surface area contributed by atoms with Gasteiger partial charge in [0, 0.05) is 5.56 Å². The van der Waals surface area contributed by atoms with Gasteiger partial charge in [0.05, 0.1) is 6.61 Å². The second-order valence-corrected chi connectivity index (χ2v) is 5.07. The molecule has 0 aliphatic heterocycles. The van der Waals surface area contributed by atoms with Crippen LogP contribution in [0.25, 0.3) is 5.57 Å². The third kappa shape index (κ3) is 3.09. The average Bonchev–Trinajstić information content (AvgIpc) is 2.46. The molecule has 1 nitrogen and oxygen atoms in total. The van der Waals surface area contributed by atoms with Crippen LogP contribution in [0, 0.1) is 17.6 Å². The number of halogens is 2. The van der Waals surface area contributed by atoms with E-state index in [1.165, 1.54) is 6.07 Å². The summed E-state index contributed by atoms with van der Waals surface area (Å²) < 4.78 is 33.0. The highest BCUT2D eigenvalue weighted by Gasteiger charge is 2.20. The highest BCUT2D eigenvalue weighted by molar-refractivity contribution is 5.67. The Labute approximate surface area is 119 Å². The van der Waals surface area contributed by atoms with Gasteiger partial charge in [-0.2, -0.15) is 4.39 Å². The lowest BCUT2D eigenvalue weighted by atomic mass is 9.85. The molecule has 0 aromatic heterocycles. The molecule has 1 aromatic carbocycles. The summed E-state index contributed by atoms with van der Waals surface area (Å²) in [4.78, 5) is 0. The Kier molecular flexibility index (Phi) is 4.94. The highest BCUT2D eigenvalue weighted by atomic mass is 19.2. The van der Waals surface area contributed by atoms with Gasteiger partial charge in [0.25, 0.3) is 0 Å². The number of hydrogen-bond acceptors (Lipinski definition) is 1. The van der Waals surface area contributed by atoms with E-state index in [4.69, 9.17) is 4.74 Å². The standard InChI is InChI=1S/C17H20F2O/c1-3-5-12-6-8-13(9-7-12)14-10-11-15(20-4-2)17(19)16(14)18/h3,8,10-12H,1,4-7,9H2,2H3. The zero-order valence-corrected chi connectivity index (χ0v) is 11.8. The second-order valence-electron chi connectivity index (χ2n) is 5.07. The largest absolute Gasteiger partial charge is 0.491 e. The molecule has 20 heavy (non-hydrogen) atoms. The van der Waals surface area contributed by atoms with Crippen LogP contribution in [0.5, 0.6) is 5.75 Å². The van der Waals surface area contributed by atoms with E-state index in [1.807, 2.05) is 12.2 Å². The number of allylic oxidation sites excluding steroid dienone is 3. The first kappa shape index (κ1) is 14.8. The first-order chi connectivity index (χ1) is 9.67. The van der Waals surface area contributed by atoms with Crippen LogP contribution in [-0.2, 0) is 0 Å². The van der Waals surface area contributed by atoms with Crippen LogP contribution in [0.2, 0.25) is 0 Å². The number of rotatable bonds is 5. The fourth-order valence-electron chi connectivity index (χ4n) is 2.63. The molecule has 0 amide bonds. The monoisotopic (exact) mass is 278 g/mol. The van der Waals surface area contributed by atoms with Crippen molar-refractivity contribution in [3.05, 3.63) is 48.1 Å². The van der Waals surface area contributed by atoms with Gasteiger partial charge in [0.15, 0.2) is 11.6 Å². The van der Waals surface area contributed by atoms with Gasteiger partial charge in [-0.05, 0) is 56.2 Å². The summed E-state index contributed by atoms with van der Waals surface area (Å²) in [5, 5.41) is 0. The van der Waals surface area contributed by atoms with E-state index in [0.29, 0.717) is 18.1 Å². The van der Waals surface area contributed by atoms with Gasteiger partial charge >= 0.3 is 0 Å². The van der Waals surface area contributed by atoms with Crippen LogP contribution in [0.15, 0.2) is 30.9 Å². The molecular weight excluding hydrogens is 258 g/mol. The topological polar surface area (TPSA) is 9.23 Å². The van der Waals surface area contributed by atoms with Crippen LogP contribution in [-0.4, -0.2) is 6.61 Å². The summed E-state index contributed by atoms with van der Waals surface area (Å²) in [6.07, 6.45) is 7.59. The van der Waals surface area contributed by atoms with Crippen molar-refractivity contribution in [3.8, 4) is 5.75 Å². The molecule has 0 spiro atoms. The maximum absolute atomic E-state index is 14.1. The molecule has 0 saturated carbocycles. The van der Waals surface area contributed by atoms with E-state index in [-0.39, 0.29) is 5.75 Å². The summed E-state index contributed by atoms with van der Waals surface area (Å²) in [5.41, 5.74) is 1.26. The average molecular weight is 278 g/mol. The van der Waals surface area contributed by atoms with Gasteiger partial charge in [-0.15, -0.1) is 6.58 Å². The van der Waals surface area contributed by atoms with E-state index >= 15 is 0 Å². The molecule has 0 radical (unpaired) electrons. The van der Waals surface area contributed by atoms with Crippen molar-refractivity contribution < 1.29 is 13.5 Å². The highest BCUT2D eigenvalue weighted by Crippen LogP contribution is 2.35. The van der Waals surface area contributed by atoms with Gasteiger partial charge in [0.2, 0.25) is 5.82 Å². The second kappa shape index (κ2) is 6.69. The van der Waals surface area contributed by atoms with Crippen LogP contribution in [0.4, 0.5) is 8.78 Å². The Morgan fingerprint density at radius 1 is 1.35 bits per heavy atom. The summed E-state index contributed by atoms with van der Waals surface area (Å²) in [6.45, 7) is 5.81. The Bertz CT molecular complexity index is 520. The van der Waals surface area contributed by atoms with Crippen molar-refractivity contribution >= 4 is 5.57 Å². The Morgan fingerprint density at radius 2 is 2.15 bits per heavy atom. The van der Waals surface area contributed by atoms with Crippen LogP contribution in [0.3, 0.4) is 0 Å². The number of benzene rings is 1. The summed E-state index contributed by atoms with van der Waals surface area (Å²) in [7, 11) is 0. The van der Waals surface area contributed by atoms with Crippen molar-refractivity contribution in [1.82, 2.24) is 0 Å². The number of ether oxygens (including phenoxy) is 1. The molecular formula is C17H20F2O. The molecule has 1 aliphatic carbocycles. The lowest BCUT2D eigenvalue weighted by Crippen LogP contribution is -2.06. The molecule has 0 bridgehead atoms. The summed E-state index contributed by atoms with van der Waals surface area (Å²) in [5.74, 6) is -1.13. The third-order valence-electron chi connectivity index (χ3n) is 3.71.